The third kappa shape index (κ3) is 2.49. The molecule has 7 nitrogen and oxygen atoms in total. The van der Waals surface area contributed by atoms with E-state index in [1.54, 1.807) is 10.9 Å². The Balaban J connectivity index is 1.90. The van der Waals surface area contributed by atoms with Crippen molar-refractivity contribution in [1.29, 1.82) is 0 Å². The molecule has 1 atom stereocenters. The number of hydrogen-bond acceptors (Lipinski definition) is 6. The zero-order chi connectivity index (χ0) is 13.9. The zero-order valence-corrected chi connectivity index (χ0v) is 11.1. The minimum absolute atomic E-state index is 0.149. The standard InChI is InChI=1S/C13H15N7/c1-20-8-9(18-19-20)6-12(17-14)13-7-15-10-4-2-3-5-11(10)16-13/h2-5,7-8,12,17H,6,14H2,1H3. The summed E-state index contributed by atoms with van der Waals surface area (Å²) >= 11 is 0. The minimum Gasteiger partial charge on any atom is -0.271 e. The lowest BCUT2D eigenvalue weighted by molar-refractivity contribution is 0.532. The number of aryl methyl sites for hydroxylation is 1. The summed E-state index contributed by atoms with van der Waals surface area (Å²) in [6.07, 6.45) is 4.21. The molecule has 3 rings (SSSR count). The lowest BCUT2D eigenvalue weighted by Gasteiger charge is -2.13. The van der Waals surface area contributed by atoms with Crippen molar-refractivity contribution in [2.75, 3.05) is 0 Å². The summed E-state index contributed by atoms with van der Waals surface area (Å²) < 4.78 is 1.66. The average Bonchev–Trinajstić information content (AvgIpc) is 2.89. The highest BCUT2D eigenvalue weighted by Crippen LogP contribution is 2.16. The van der Waals surface area contributed by atoms with Crippen LogP contribution < -0.4 is 11.3 Å². The maximum absolute atomic E-state index is 5.63. The molecule has 0 radical (unpaired) electrons. The summed E-state index contributed by atoms with van der Waals surface area (Å²) in [6, 6.07) is 7.59. The number of hydrazine groups is 1. The van der Waals surface area contributed by atoms with Crippen LogP contribution in [0.4, 0.5) is 0 Å². The van der Waals surface area contributed by atoms with E-state index in [0.717, 1.165) is 22.4 Å². The zero-order valence-electron chi connectivity index (χ0n) is 11.1. The highest BCUT2D eigenvalue weighted by molar-refractivity contribution is 5.73. The minimum atomic E-state index is -0.149. The number of aromatic nitrogens is 5. The van der Waals surface area contributed by atoms with Crippen LogP contribution in [0.2, 0.25) is 0 Å². The van der Waals surface area contributed by atoms with Gasteiger partial charge in [0.2, 0.25) is 0 Å². The molecular formula is C13H15N7. The largest absolute Gasteiger partial charge is 0.271 e. The van der Waals surface area contributed by atoms with E-state index in [2.05, 4.69) is 25.7 Å². The Morgan fingerprint density at radius 3 is 2.80 bits per heavy atom. The lowest BCUT2D eigenvalue weighted by atomic mass is 10.1. The van der Waals surface area contributed by atoms with Gasteiger partial charge in [0.05, 0.1) is 34.7 Å². The van der Waals surface area contributed by atoms with Crippen molar-refractivity contribution >= 4 is 11.0 Å². The predicted octanol–water partition coefficient (Wildman–Crippen LogP) is 0.505. The number of fused-ring (bicyclic) bond motifs is 1. The summed E-state index contributed by atoms with van der Waals surface area (Å²) in [4.78, 5) is 8.99. The third-order valence-corrected chi connectivity index (χ3v) is 3.09. The van der Waals surface area contributed by atoms with E-state index in [4.69, 9.17) is 5.84 Å². The smallest absolute Gasteiger partial charge is 0.0890 e. The molecule has 3 N–H and O–H groups in total. The van der Waals surface area contributed by atoms with Crippen molar-refractivity contribution in [3.8, 4) is 0 Å². The fourth-order valence-electron chi connectivity index (χ4n) is 2.09. The molecule has 1 aromatic carbocycles. The van der Waals surface area contributed by atoms with Gasteiger partial charge in [0.25, 0.3) is 0 Å². The first-order chi connectivity index (χ1) is 9.76. The van der Waals surface area contributed by atoms with E-state index in [0.29, 0.717) is 6.42 Å². The fraction of sp³-hybridized carbons (Fsp3) is 0.231. The van der Waals surface area contributed by atoms with Crippen molar-refractivity contribution in [3.63, 3.8) is 0 Å². The maximum atomic E-state index is 5.63. The highest BCUT2D eigenvalue weighted by Gasteiger charge is 2.15. The van der Waals surface area contributed by atoms with Crippen LogP contribution in [-0.2, 0) is 13.5 Å². The Labute approximate surface area is 115 Å². The number of nitrogens with two attached hydrogens (primary N) is 1. The molecule has 2 heterocycles. The molecule has 20 heavy (non-hydrogen) atoms. The van der Waals surface area contributed by atoms with E-state index in [1.807, 2.05) is 37.5 Å². The first-order valence-electron chi connectivity index (χ1n) is 6.29. The molecule has 1 unspecified atom stereocenters. The summed E-state index contributed by atoms with van der Waals surface area (Å²) in [5.41, 5.74) is 6.12. The molecule has 0 saturated heterocycles. The second-order valence-corrected chi connectivity index (χ2v) is 4.59. The first kappa shape index (κ1) is 12.6. The summed E-state index contributed by atoms with van der Waals surface area (Å²) in [6.45, 7) is 0. The van der Waals surface area contributed by atoms with Crippen molar-refractivity contribution in [2.45, 2.75) is 12.5 Å². The molecule has 0 fully saturated rings. The van der Waals surface area contributed by atoms with E-state index in [9.17, 15) is 0 Å². The number of hydrogen-bond donors (Lipinski definition) is 2. The molecule has 0 aliphatic heterocycles. The van der Waals surface area contributed by atoms with Gasteiger partial charge in [-0.25, -0.2) is 4.98 Å². The number of para-hydroxylation sites is 2. The number of nitrogens with one attached hydrogen (secondary N) is 1. The Kier molecular flexibility index (Phi) is 3.36. The molecule has 102 valence electrons. The molecule has 0 aliphatic carbocycles. The Hall–Kier alpha value is -2.38. The summed E-state index contributed by atoms with van der Waals surface area (Å²) in [5.74, 6) is 5.63. The molecule has 0 spiro atoms. The van der Waals surface area contributed by atoms with E-state index < -0.39 is 0 Å². The topological polar surface area (TPSA) is 94.5 Å². The Bertz CT molecular complexity index is 721. The van der Waals surface area contributed by atoms with Gasteiger partial charge in [-0.2, -0.15) is 0 Å². The average molecular weight is 269 g/mol. The van der Waals surface area contributed by atoms with Gasteiger partial charge < -0.3 is 0 Å². The summed E-state index contributed by atoms with van der Waals surface area (Å²) in [5, 5.41) is 7.97. The van der Waals surface area contributed by atoms with Crippen LogP contribution in [0.3, 0.4) is 0 Å². The van der Waals surface area contributed by atoms with Gasteiger partial charge in [0, 0.05) is 19.7 Å². The maximum Gasteiger partial charge on any atom is 0.0890 e. The summed E-state index contributed by atoms with van der Waals surface area (Å²) in [7, 11) is 1.83. The van der Waals surface area contributed by atoms with Crippen LogP contribution >= 0.6 is 0 Å². The van der Waals surface area contributed by atoms with Crippen LogP contribution in [0, 0.1) is 0 Å². The van der Waals surface area contributed by atoms with Gasteiger partial charge >= 0.3 is 0 Å². The predicted molar refractivity (Wildman–Crippen MR) is 74.3 cm³/mol. The quantitative estimate of drug-likeness (QED) is 0.529. The van der Waals surface area contributed by atoms with Gasteiger partial charge in [0.15, 0.2) is 0 Å². The first-order valence-corrected chi connectivity index (χ1v) is 6.29. The molecule has 2 aromatic heterocycles. The molecule has 7 heteroatoms. The van der Waals surface area contributed by atoms with Gasteiger partial charge in [-0.05, 0) is 12.1 Å². The van der Waals surface area contributed by atoms with Crippen LogP contribution in [-0.4, -0.2) is 25.0 Å². The van der Waals surface area contributed by atoms with Crippen molar-refractivity contribution in [3.05, 3.63) is 48.0 Å². The van der Waals surface area contributed by atoms with Crippen LogP contribution in [0.15, 0.2) is 36.7 Å². The molecule has 0 amide bonds. The molecule has 0 saturated carbocycles. The number of nitrogens with zero attached hydrogens (tertiary/aromatic N) is 5. The van der Waals surface area contributed by atoms with Crippen LogP contribution in [0.25, 0.3) is 11.0 Å². The second-order valence-electron chi connectivity index (χ2n) is 4.59. The van der Waals surface area contributed by atoms with Crippen LogP contribution in [0.5, 0.6) is 0 Å². The normalized spacial score (nSPS) is 12.7. The highest BCUT2D eigenvalue weighted by atomic mass is 15.4. The van der Waals surface area contributed by atoms with Gasteiger partial charge in [-0.1, -0.05) is 17.3 Å². The van der Waals surface area contributed by atoms with E-state index in [-0.39, 0.29) is 6.04 Å². The Morgan fingerprint density at radius 2 is 2.10 bits per heavy atom. The fourth-order valence-corrected chi connectivity index (χ4v) is 2.09. The van der Waals surface area contributed by atoms with Gasteiger partial charge in [-0.15, -0.1) is 5.10 Å². The molecule has 0 bridgehead atoms. The number of rotatable bonds is 4. The Morgan fingerprint density at radius 1 is 1.30 bits per heavy atom. The van der Waals surface area contributed by atoms with E-state index in [1.165, 1.54) is 0 Å². The monoisotopic (exact) mass is 269 g/mol. The van der Waals surface area contributed by atoms with Crippen LogP contribution in [0.1, 0.15) is 17.4 Å². The molecule has 3 aromatic rings. The second kappa shape index (κ2) is 5.32. The van der Waals surface area contributed by atoms with Crippen molar-refractivity contribution in [2.24, 2.45) is 12.9 Å². The van der Waals surface area contributed by atoms with Gasteiger partial charge in [-0.3, -0.25) is 20.9 Å². The van der Waals surface area contributed by atoms with Crippen molar-refractivity contribution in [1.82, 2.24) is 30.4 Å². The molecule has 0 aliphatic rings. The SMILES string of the molecule is Cn1cc(CC(NN)c2cnc3ccccc3n2)nn1. The lowest BCUT2D eigenvalue weighted by Crippen LogP contribution is -2.30. The third-order valence-electron chi connectivity index (χ3n) is 3.09. The van der Waals surface area contributed by atoms with Crippen molar-refractivity contribution < 1.29 is 0 Å². The molecular weight excluding hydrogens is 254 g/mol. The number of benzene rings is 1. The van der Waals surface area contributed by atoms with E-state index >= 15 is 0 Å². The van der Waals surface area contributed by atoms with Gasteiger partial charge in [0.1, 0.15) is 0 Å².